The standard InChI is InChI=1S/C21H16ClN3O2/c22-18-10-6-16(7-11-18)20(26)24-19-12-8-17(9-13-19)21(27)25-23-14-15-4-2-1-3-5-15/h1-14H,(H,24,26)(H,25,27)/b23-14-. The first kappa shape index (κ1) is 18.4. The predicted octanol–water partition coefficient (Wildman–Crippen LogP) is 4.36. The number of hydrogen-bond donors (Lipinski definition) is 2. The van der Waals surface area contributed by atoms with E-state index in [-0.39, 0.29) is 11.8 Å². The van der Waals surface area contributed by atoms with E-state index in [0.29, 0.717) is 21.8 Å². The first-order chi connectivity index (χ1) is 13.1. The van der Waals surface area contributed by atoms with Gasteiger partial charge in [-0.15, -0.1) is 0 Å². The Morgan fingerprint density at radius 3 is 2.04 bits per heavy atom. The molecule has 0 radical (unpaired) electrons. The molecule has 0 aliphatic rings. The lowest BCUT2D eigenvalue weighted by atomic mass is 10.1. The van der Waals surface area contributed by atoms with Crippen LogP contribution in [0.25, 0.3) is 0 Å². The van der Waals surface area contributed by atoms with Crippen LogP contribution in [-0.2, 0) is 0 Å². The topological polar surface area (TPSA) is 70.6 Å². The third-order valence-electron chi connectivity index (χ3n) is 3.69. The fourth-order valence-corrected chi connectivity index (χ4v) is 2.40. The molecule has 0 spiro atoms. The lowest BCUT2D eigenvalue weighted by Gasteiger charge is -2.06. The Labute approximate surface area is 161 Å². The van der Waals surface area contributed by atoms with Crippen LogP contribution in [0.2, 0.25) is 5.02 Å². The number of amides is 2. The van der Waals surface area contributed by atoms with E-state index in [2.05, 4.69) is 15.8 Å². The van der Waals surface area contributed by atoms with Crippen LogP contribution in [-0.4, -0.2) is 18.0 Å². The molecule has 0 saturated heterocycles. The zero-order valence-corrected chi connectivity index (χ0v) is 15.0. The van der Waals surface area contributed by atoms with Gasteiger partial charge in [0.25, 0.3) is 11.8 Å². The van der Waals surface area contributed by atoms with Crippen LogP contribution < -0.4 is 10.7 Å². The van der Waals surface area contributed by atoms with Crippen molar-refractivity contribution in [3.05, 3.63) is 101 Å². The maximum absolute atomic E-state index is 12.2. The number of hydrazone groups is 1. The van der Waals surface area contributed by atoms with Gasteiger partial charge in [-0.1, -0.05) is 41.9 Å². The van der Waals surface area contributed by atoms with Gasteiger partial charge in [-0.25, -0.2) is 5.43 Å². The Morgan fingerprint density at radius 2 is 1.37 bits per heavy atom. The molecule has 0 unspecified atom stereocenters. The molecule has 3 aromatic carbocycles. The van der Waals surface area contributed by atoms with Crippen molar-refractivity contribution in [1.29, 1.82) is 0 Å². The quantitative estimate of drug-likeness (QED) is 0.512. The predicted molar refractivity (Wildman–Crippen MR) is 107 cm³/mol. The van der Waals surface area contributed by atoms with Gasteiger partial charge in [0, 0.05) is 21.8 Å². The molecule has 27 heavy (non-hydrogen) atoms. The summed E-state index contributed by atoms with van der Waals surface area (Å²) in [6.45, 7) is 0. The van der Waals surface area contributed by atoms with E-state index in [1.165, 1.54) is 0 Å². The molecule has 134 valence electrons. The third kappa shape index (κ3) is 5.26. The summed E-state index contributed by atoms with van der Waals surface area (Å²) in [5, 5.41) is 7.26. The largest absolute Gasteiger partial charge is 0.322 e. The number of halogens is 1. The zero-order valence-electron chi connectivity index (χ0n) is 14.2. The van der Waals surface area contributed by atoms with E-state index < -0.39 is 0 Å². The highest BCUT2D eigenvalue weighted by molar-refractivity contribution is 6.30. The fourth-order valence-electron chi connectivity index (χ4n) is 2.28. The first-order valence-corrected chi connectivity index (χ1v) is 8.55. The van der Waals surface area contributed by atoms with Crippen LogP contribution in [0.1, 0.15) is 26.3 Å². The summed E-state index contributed by atoms with van der Waals surface area (Å²) in [5.74, 6) is -0.589. The van der Waals surface area contributed by atoms with Gasteiger partial charge in [0.2, 0.25) is 0 Å². The lowest BCUT2D eigenvalue weighted by Crippen LogP contribution is -2.17. The van der Waals surface area contributed by atoms with Crippen molar-refractivity contribution < 1.29 is 9.59 Å². The van der Waals surface area contributed by atoms with Crippen molar-refractivity contribution in [1.82, 2.24) is 5.43 Å². The van der Waals surface area contributed by atoms with E-state index >= 15 is 0 Å². The minimum absolute atomic E-state index is 0.253. The van der Waals surface area contributed by atoms with Crippen LogP contribution in [0.15, 0.2) is 84.0 Å². The van der Waals surface area contributed by atoms with Crippen LogP contribution in [0.3, 0.4) is 0 Å². The number of anilines is 1. The smallest absolute Gasteiger partial charge is 0.271 e. The van der Waals surface area contributed by atoms with Crippen molar-refractivity contribution >= 4 is 35.3 Å². The van der Waals surface area contributed by atoms with Gasteiger partial charge in [-0.2, -0.15) is 5.10 Å². The van der Waals surface area contributed by atoms with Gasteiger partial charge in [-0.05, 0) is 54.1 Å². The van der Waals surface area contributed by atoms with Gasteiger partial charge in [0.15, 0.2) is 0 Å². The van der Waals surface area contributed by atoms with E-state index in [1.54, 1.807) is 54.7 Å². The molecule has 3 rings (SSSR count). The summed E-state index contributed by atoms with van der Waals surface area (Å²) >= 11 is 5.82. The summed E-state index contributed by atoms with van der Waals surface area (Å²) < 4.78 is 0. The van der Waals surface area contributed by atoms with E-state index in [0.717, 1.165) is 5.56 Å². The zero-order chi connectivity index (χ0) is 19.1. The van der Waals surface area contributed by atoms with Gasteiger partial charge >= 0.3 is 0 Å². The molecule has 6 heteroatoms. The summed E-state index contributed by atoms with van der Waals surface area (Å²) in [6.07, 6.45) is 1.57. The van der Waals surface area contributed by atoms with Crippen LogP contribution in [0.5, 0.6) is 0 Å². The molecule has 2 amide bonds. The molecular formula is C21H16ClN3O2. The molecule has 0 heterocycles. The second-order valence-electron chi connectivity index (χ2n) is 5.65. The average molecular weight is 378 g/mol. The molecule has 0 bridgehead atoms. The van der Waals surface area contributed by atoms with E-state index in [1.807, 2.05) is 30.3 Å². The van der Waals surface area contributed by atoms with Crippen LogP contribution in [0, 0.1) is 0 Å². The van der Waals surface area contributed by atoms with Gasteiger partial charge < -0.3 is 5.32 Å². The molecule has 0 saturated carbocycles. The molecular weight excluding hydrogens is 362 g/mol. The van der Waals surface area contributed by atoms with E-state index in [9.17, 15) is 9.59 Å². The average Bonchev–Trinajstić information content (AvgIpc) is 2.70. The summed E-state index contributed by atoms with van der Waals surface area (Å²) in [5.41, 5.74) is 4.87. The minimum Gasteiger partial charge on any atom is -0.322 e. The van der Waals surface area contributed by atoms with Crippen molar-refractivity contribution in [2.75, 3.05) is 5.32 Å². The molecule has 3 aromatic rings. The Balaban J connectivity index is 1.57. The molecule has 0 aliphatic heterocycles. The summed E-state index contributed by atoms with van der Waals surface area (Å²) in [7, 11) is 0. The summed E-state index contributed by atoms with van der Waals surface area (Å²) in [6, 6.07) is 22.6. The van der Waals surface area contributed by atoms with Crippen molar-refractivity contribution in [2.24, 2.45) is 5.10 Å². The fraction of sp³-hybridized carbons (Fsp3) is 0. The molecule has 0 aromatic heterocycles. The normalized spacial score (nSPS) is 10.6. The number of nitrogens with one attached hydrogen (secondary N) is 2. The number of benzene rings is 3. The molecule has 0 atom stereocenters. The third-order valence-corrected chi connectivity index (χ3v) is 3.94. The van der Waals surface area contributed by atoms with Crippen molar-refractivity contribution in [2.45, 2.75) is 0 Å². The van der Waals surface area contributed by atoms with Crippen molar-refractivity contribution in [3.8, 4) is 0 Å². The number of hydrogen-bond acceptors (Lipinski definition) is 3. The second kappa shape index (κ2) is 8.78. The number of rotatable bonds is 5. The van der Waals surface area contributed by atoms with Gasteiger partial charge in [0.05, 0.1) is 6.21 Å². The SMILES string of the molecule is O=C(N/N=C\c1ccccc1)c1ccc(NC(=O)c2ccc(Cl)cc2)cc1. The highest BCUT2D eigenvalue weighted by atomic mass is 35.5. The number of nitrogens with zero attached hydrogens (tertiary/aromatic N) is 1. The molecule has 0 aliphatic carbocycles. The minimum atomic E-state index is -0.335. The molecule has 2 N–H and O–H groups in total. The maximum Gasteiger partial charge on any atom is 0.271 e. The van der Waals surface area contributed by atoms with Crippen LogP contribution >= 0.6 is 11.6 Å². The monoisotopic (exact) mass is 377 g/mol. The Bertz CT molecular complexity index is 953. The maximum atomic E-state index is 12.2. The van der Waals surface area contributed by atoms with Gasteiger partial charge in [0.1, 0.15) is 0 Å². The van der Waals surface area contributed by atoms with Crippen LogP contribution in [0.4, 0.5) is 5.69 Å². The summed E-state index contributed by atoms with van der Waals surface area (Å²) in [4.78, 5) is 24.3. The molecule has 5 nitrogen and oxygen atoms in total. The Morgan fingerprint density at radius 1 is 0.778 bits per heavy atom. The molecule has 0 fully saturated rings. The Hall–Kier alpha value is -3.44. The number of carbonyl (C=O) groups is 2. The number of carbonyl (C=O) groups excluding carboxylic acids is 2. The van der Waals surface area contributed by atoms with Gasteiger partial charge in [-0.3, -0.25) is 9.59 Å². The lowest BCUT2D eigenvalue weighted by molar-refractivity contribution is 0.0954. The van der Waals surface area contributed by atoms with E-state index in [4.69, 9.17) is 11.6 Å². The Kier molecular flexibility index (Phi) is 5.97. The highest BCUT2D eigenvalue weighted by Crippen LogP contribution is 2.13. The van der Waals surface area contributed by atoms with Crippen molar-refractivity contribution in [3.63, 3.8) is 0 Å². The first-order valence-electron chi connectivity index (χ1n) is 8.17. The highest BCUT2D eigenvalue weighted by Gasteiger charge is 2.08. The second-order valence-corrected chi connectivity index (χ2v) is 6.08.